The van der Waals surface area contributed by atoms with E-state index in [9.17, 15) is 0 Å². The monoisotopic (exact) mass is 296 g/mol. The molecule has 3 aromatic rings. The lowest BCUT2D eigenvalue weighted by molar-refractivity contribution is 0.414. The zero-order chi connectivity index (χ0) is 14.7. The Balaban J connectivity index is 2.05. The van der Waals surface area contributed by atoms with Gasteiger partial charge in [0.25, 0.3) is 0 Å². The molecule has 0 aliphatic heterocycles. The Morgan fingerprint density at radius 2 is 1.86 bits per heavy atom. The zero-order valence-electron chi connectivity index (χ0n) is 11.7. The van der Waals surface area contributed by atoms with Crippen molar-refractivity contribution in [2.45, 2.75) is 16.3 Å². The normalized spacial score (nSPS) is 10.8. The van der Waals surface area contributed by atoms with Crippen molar-refractivity contribution < 1.29 is 4.74 Å². The molecule has 0 saturated heterocycles. The number of nitrogens with two attached hydrogens (primary N) is 1. The Morgan fingerprint density at radius 1 is 1.10 bits per heavy atom. The predicted octanol–water partition coefficient (Wildman–Crippen LogP) is 3.85. The summed E-state index contributed by atoms with van der Waals surface area (Å²) < 4.78 is 5.20. The lowest BCUT2D eigenvalue weighted by Gasteiger charge is -2.11. The van der Waals surface area contributed by atoms with Crippen LogP contribution in [0.3, 0.4) is 0 Å². The van der Waals surface area contributed by atoms with E-state index < -0.39 is 0 Å². The standard InChI is InChI=1S/C17H16N2OS/c1-20-13-6-8-14(9-7-13)21-17-12(10-18)11-19-16-5-3-2-4-15(16)17/h2-9,11H,10,18H2,1H3. The van der Waals surface area contributed by atoms with Gasteiger partial charge in [-0.1, -0.05) is 30.0 Å². The number of hydrogen-bond acceptors (Lipinski definition) is 4. The molecule has 3 nitrogen and oxygen atoms in total. The quantitative estimate of drug-likeness (QED) is 0.794. The number of fused-ring (bicyclic) bond motifs is 1. The highest BCUT2D eigenvalue weighted by Crippen LogP contribution is 2.36. The molecular weight excluding hydrogens is 280 g/mol. The van der Waals surface area contributed by atoms with E-state index in [4.69, 9.17) is 10.5 Å². The Kier molecular flexibility index (Phi) is 4.08. The third-order valence-electron chi connectivity index (χ3n) is 3.30. The summed E-state index contributed by atoms with van der Waals surface area (Å²) in [6.45, 7) is 0.482. The van der Waals surface area contributed by atoms with Gasteiger partial charge in [-0.05, 0) is 35.9 Å². The molecule has 2 N–H and O–H groups in total. The maximum absolute atomic E-state index is 5.87. The van der Waals surface area contributed by atoms with Gasteiger partial charge in [-0.15, -0.1) is 0 Å². The van der Waals surface area contributed by atoms with Crippen molar-refractivity contribution >= 4 is 22.7 Å². The molecule has 4 heteroatoms. The molecule has 1 heterocycles. The van der Waals surface area contributed by atoms with Gasteiger partial charge in [0.1, 0.15) is 5.75 Å². The van der Waals surface area contributed by atoms with Gasteiger partial charge in [-0.2, -0.15) is 0 Å². The molecular formula is C17H16N2OS. The summed E-state index contributed by atoms with van der Waals surface area (Å²) in [5.41, 5.74) is 7.92. The Morgan fingerprint density at radius 3 is 2.57 bits per heavy atom. The summed E-state index contributed by atoms with van der Waals surface area (Å²) in [6, 6.07) is 16.2. The molecule has 106 valence electrons. The van der Waals surface area contributed by atoms with Gasteiger partial charge in [0, 0.05) is 27.9 Å². The number of rotatable bonds is 4. The SMILES string of the molecule is COc1ccc(Sc2c(CN)cnc3ccccc23)cc1. The number of hydrogen-bond donors (Lipinski definition) is 1. The highest BCUT2D eigenvalue weighted by atomic mass is 32.2. The minimum absolute atomic E-state index is 0.482. The van der Waals surface area contributed by atoms with Gasteiger partial charge in [-0.25, -0.2) is 0 Å². The van der Waals surface area contributed by atoms with E-state index in [1.807, 2.05) is 36.5 Å². The van der Waals surface area contributed by atoms with Gasteiger partial charge < -0.3 is 10.5 Å². The van der Waals surface area contributed by atoms with Crippen LogP contribution in [-0.2, 0) is 6.54 Å². The van der Waals surface area contributed by atoms with Crippen molar-refractivity contribution in [3.63, 3.8) is 0 Å². The van der Waals surface area contributed by atoms with Crippen LogP contribution in [0.4, 0.5) is 0 Å². The minimum atomic E-state index is 0.482. The average molecular weight is 296 g/mol. The third kappa shape index (κ3) is 2.86. The van der Waals surface area contributed by atoms with Crippen molar-refractivity contribution in [3.8, 4) is 5.75 Å². The van der Waals surface area contributed by atoms with Crippen molar-refractivity contribution in [1.82, 2.24) is 4.98 Å². The Bertz CT molecular complexity index is 756. The molecule has 21 heavy (non-hydrogen) atoms. The number of benzene rings is 2. The second-order valence-electron chi connectivity index (χ2n) is 4.61. The summed E-state index contributed by atoms with van der Waals surface area (Å²) in [5.74, 6) is 0.859. The highest BCUT2D eigenvalue weighted by molar-refractivity contribution is 7.99. The van der Waals surface area contributed by atoms with E-state index in [1.54, 1.807) is 18.9 Å². The van der Waals surface area contributed by atoms with Crippen LogP contribution in [-0.4, -0.2) is 12.1 Å². The predicted molar refractivity (Wildman–Crippen MR) is 86.8 cm³/mol. The molecule has 0 fully saturated rings. The average Bonchev–Trinajstić information content (AvgIpc) is 2.56. The number of pyridine rings is 1. The second kappa shape index (κ2) is 6.16. The number of aromatic nitrogens is 1. The first kappa shape index (κ1) is 13.9. The van der Waals surface area contributed by atoms with Crippen LogP contribution in [0.5, 0.6) is 5.75 Å². The number of nitrogens with zero attached hydrogens (tertiary/aromatic N) is 1. The van der Waals surface area contributed by atoms with Gasteiger partial charge in [-0.3, -0.25) is 4.98 Å². The van der Waals surface area contributed by atoms with E-state index in [2.05, 4.69) is 23.2 Å². The minimum Gasteiger partial charge on any atom is -0.497 e. The summed E-state index contributed by atoms with van der Waals surface area (Å²) in [5, 5.41) is 1.14. The first-order valence-electron chi connectivity index (χ1n) is 6.70. The van der Waals surface area contributed by atoms with Crippen molar-refractivity contribution in [3.05, 3.63) is 60.3 Å². The molecule has 0 unspecified atom stereocenters. The molecule has 0 atom stereocenters. The lowest BCUT2D eigenvalue weighted by Crippen LogP contribution is -2.00. The number of para-hydroxylation sites is 1. The molecule has 0 radical (unpaired) electrons. The van der Waals surface area contributed by atoms with E-state index in [0.29, 0.717) is 6.54 Å². The summed E-state index contributed by atoms with van der Waals surface area (Å²) >= 11 is 1.71. The molecule has 1 aromatic heterocycles. The number of methoxy groups -OCH3 is 1. The van der Waals surface area contributed by atoms with Gasteiger partial charge in [0.05, 0.1) is 12.6 Å². The largest absolute Gasteiger partial charge is 0.497 e. The summed E-state index contributed by atoms with van der Waals surface area (Å²) in [4.78, 5) is 6.80. The summed E-state index contributed by atoms with van der Waals surface area (Å²) in [7, 11) is 1.67. The van der Waals surface area contributed by atoms with Crippen LogP contribution < -0.4 is 10.5 Å². The fourth-order valence-electron chi connectivity index (χ4n) is 2.18. The van der Waals surface area contributed by atoms with Crippen LogP contribution >= 0.6 is 11.8 Å². The Labute approximate surface area is 128 Å². The number of ether oxygens (including phenoxy) is 1. The molecule has 2 aromatic carbocycles. The van der Waals surface area contributed by atoms with Crippen molar-refractivity contribution in [1.29, 1.82) is 0 Å². The first-order chi connectivity index (χ1) is 10.3. The highest BCUT2D eigenvalue weighted by Gasteiger charge is 2.09. The van der Waals surface area contributed by atoms with E-state index in [1.165, 1.54) is 4.90 Å². The van der Waals surface area contributed by atoms with Crippen LogP contribution in [0.1, 0.15) is 5.56 Å². The first-order valence-corrected chi connectivity index (χ1v) is 7.52. The third-order valence-corrected chi connectivity index (χ3v) is 4.49. The van der Waals surface area contributed by atoms with Crippen molar-refractivity contribution in [2.75, 3.05) is 7.11 Å². The van der Waals surface area contributed by atoms with Gasteiger partial charge in [0.15, 0.2) is 0 Å². The molecule has 0 saturated carbocycles. The Hall–Kier alpha value is -2.04. The maximum Gasteiger partial charge on any atom is 0.118 e. The van der Waals surface area contributed by atoms with Crippen LogP contribution in [0.15, 0.2) is 64.5 Å². The van der Waals surface area contributed by atoms with E-state index >= 15 is 0 Å². The van der Waals surface area contributed by atoms with Crippen LogP contribution in [0.2, 0.25) is 0 Å². The second-order valence-corrected chi connectivity index (χ2v) is 5.70. The van der Waals surface area contributed by atoms with E-state index in [0.717, 1.165) is 27.1 Å². The maximum atomic E-state index is 5.87. The molecule has 0 aliphatic carbocycles. The summed E-state index contributed by atoms with van der Waals surface area (Å²) in [6.07, 6.45) is 1.87. The van der Waals surface area contributed by atoms with Gasteiger partial charge in [0.2, 0.25) is 0 Å². The molecule has 0 aliphatic rings. The molecule has 3 rings (SSSR count). The van der Waals surface area contributed by atoms with Gasteiger partial charge >= 0.3 is 0 Å². The van der Waals surface area contributed by atoms with Crippen molar-refractivity contribution in [2.24, 2.45) is 5.73 Å². The van der Waals surface area contributed by atoms with Crippen LogP contribution in [0.25, 0.3) is 10.9 Å². The molecule has 0 bridgehead atoms. The smallest absolute Gasteiger partial charge is 0.118 e. The fraction of sp³-hybridized carbons (Fsp3) is 0.118. The lowest BCUT2D eigenvalue weighted by atomic mass is 10.1. The molecule has 0 spiro atoms. The fourth-order valence-corrected chi connectivity index (χ4v) is 3.24. The topological polar surface area (TPSA) is 48.1 Å². The van der Waals surface area contributed by atoms with Crippen LogP contribution in [0, 0.1) is 0 Å². The molecule has 0 amide bonds. The van der Waals surface area contributed by atoms with E-state index in [-0.39, 0.29) is 0 Å². The zero-order valence-corrected chi connectivity index (χ0v) is 12.6.